The Bertz CT molecular complexity index is 1640. The number of nitriles is 1. The normalized spacial score (nSPS) is 9.22. The molecule has 0 fully saturated rings. The van der Waals surface area contributed by atoms with E-state index in [4.69, 9.17) is 25.0 Å². The highest BCUT2D eigenvalue weighted by Crippen LogP contribution is 2.09. The lowest BCUT2D eigenvalue weighted by molar-refractivity contribution is -0.145. The summed E-state index contributed by atoms with van der Waals surface area (Å²) in [5.41, 5.74) is 1.68. The van der Waals surface area contributed by atoms with Gasteiger partial charge >= 0.3 is 41.8 Å². The van der Waals surface area contributed by atoms with Crippen LogP contribution in [0.4, 0.5) is 4.39 Å². The largest absolute Gasteiger partial charge is 0.481 e. The molecular formula is C44H69FN2O17. The molecule has 0 radical (unpaired) electrons. The van der Waals surface area contributed by atoms with Gasteiger partial charge in [0.1, 0.15) is 32.2 Å². The van der Waals surface area contributed by atoms with Crippen LogP contribution in [-0.4, -0.2) is 123 Å². The summed E-state index contributed by atoms with van der Waals surface area (Å²) in [6, 6.07) is 15.3. The summed E-state index contributed by atoms with van der Waals surface area (Å²) in [6.45, 7) is 19.6. The summed E-state index contributed by atoms with van der Waals surface area (Å²) in [7, 11) is 5.22. The van der Waals surface area contributed by atoms with Gasteiger partial charge in [-0.15, -0.1) is 0 Å². The fourth-order valence-electron chi connectivity index (χ4n) is 2.87. The van der Waals surface area contributed by atoms with Crippen LogP contribution in [0.25, 0.3) is 0 Å². The average Bonchev–Trinajstić information content (AvgIpc) is 3.16. The van der Waals surface area contributed by atoms with Gasteiger partial charge in [0.25, 0.3) is 5.97 Å². The lowest BCUT2D eigenvalue weighted by atomic mass is 10.1. The van der Waals surface area contributed by atoms with Crippen LogP contribution in [0.2, 0.25) is 0 Å². The summed E-state index contributed by atoms with van der Waals surface area (Å²) in [6.07, 6.45) is -0.531. The molecule has 1 unspecified atom stereocenters. The number of aliphatic carboxylic acids is 1. The van der Waals surface area contributed by atoms with E-state index < -0.39 is 18.0 Å². The minimum Gasteiger partial charge on any atom is -0.481 e. The predicted molar refractivity (Wildman–Crippen MR) is 232 cm³/mol. The van der Waals surface area contributed by atoms with Crippen LogP contribution in [0, 0.1) is 17.1 Å². The highest BCUT2D eigenvalue weighted by molar-refractivity contribution is 5.67. The van der Waals surface area contributed by atoms with Gasteiger partial charge in [-0.25, -0.2) is 4.39 Å². The number of likely N-dealkylation sites (N-methyl/N-ethyl adjacent to an activating group) is 1. The molecular weight excluding hydrogens is 847 g/mol. The Balaban J connectivity index is -0.000000154. The first-order valence-electron chi connectivity index (χ1n) is 19.2. The smallest absolute Gasteiger partial charge is 0.302 e. The van der Waals surface area contributed by atoms with E-state index >= 15 is 0 Å². The lowest BCUT2D eigenvalue weighted by Gasteiger charge is -2.07. The van der Waals surface area contributed by atoms with Crippen LogP contribution < -0.4 is 0 Å². The van der Waals surface area contributed by atoms with Crippen LogP contribution in [-0.2, 0) is 84.7 Å². The summed E-state index contributed by atoms with van der Waals surface area (Å²) < 4.78 is 44.5. The SMILES string of the molecule is CC(=O)O.CC(=O)OC(C)C.CC(=O)OCC(C)O.CC(=O)OCCN(C)C.CC(=O)OCc1ccccc1C#N.CC(=O)OCc1ccccc1F.CCOC(C)=O.COC(C)=O. The van der Waals surface area contributed by atoms with Crippen LogP contribution >= 0.6 is 0 Å². The van der Waals surface area contributed by atoms with Crippen molar-refractivity contribution in [3.05, 3.63) is 71.0 Å². The monoisotopic (exact) mass is 916 g/mol. The first kappa shape index (κ1) is 69.2. The Hall–Kier alpha value is -6.46. The number of benzene rings is 2. The van der Waals surface area contributed by atoms with Crippen LogP contribution in [0.1, 0.15) is 99.8 Å². The third-order valence-corrected chi connectivity index (χ3v) is 5.37. The van der Waals surface area contributed by atoms with E-state index in [2.05, 4.69) is 28.4 Å². The number of ether oxygens (including phenoxy) is 7. The zero-order valence-electron chi connectivity index (χ0n) is 39.8. The van der Waals surface area contributed by atoms with Crippen molar-refractivity contribution >= 4 is 47.8 Å². The van der Waals surface area contributed by atoms with Gasteiger partial charge in [-0.05, 0) is 53.9 Å². The molecule has 0 amide bonds. The molecule has 2 aromatic rings. The summed E-state index contributed by atoms with van der Waals surface area (Å²) in [4.78, 5) is 81.5. The summed E-state index contributed by atoms with van der Waals surface area (Å²) >= 11 is 0. The maximum atomic E-state index is 12.8. The van der Waals surface area contributed by atoms with Gasteiger partial charge in [0.2, 0.25) is 0 Å². The number of carbonyl (C=O) groups is 8. The number of aliphatic hydroxyl groups is 1. The maximum Gasteiger partial charge on any atom is 0.302 e. The topological polar surface area (TPSA) is 269 Å². The molecule has 0 spiro atoms. The Morgan fingerprint density at radius 2 is 1.05 bits per heavy atom. The molecule has 0 aromatic heterocycles. The van der Waals surface area contributed by atoms with Crippen LogP contribution in [0.15, 0.2) is 48.5 Å². The molecule has 2 aromatic carbocycles. The van der Waals surface area contributed by atoms with E-state index in [1.165, 1.54) is 61.6 Å². The van der Waals surface area contributed by atoms with E-state index in [0.29, 0.717) is 24.3 Å². The molecule has 364 valence electrons. The molecule has 19 nitrogen and oxygen atoms in total. The Labute approximate surface area is 376 Å². The standard InChI is InChI=1S/C10H9NO2.C9H9FO2.C6H13NO2.C5H10O3.C5H10O2.C4H8O2.C3H6O2.C2H4O2/c1-8(12)13-7-10-5-3-2-4-9(10)6-11;1-7(11)12-6-8-4-2-3-5-9(8)10;1-6(8)9-5-4-7(2)3;1-4(6)3-8-5(2)7;1-4(2)7-5(3)6;1-3-6-4(2)5;1-3(4)5-2;1-2(3)4/h2-5H,7H2,1H3;2-5H,6H2,1H3;4-5H2,1-3H3;4,6H,3H2,1-2H3;4H,1-3H3;3H2,1-2H3;1-2H3;1H3,(H,3,4). The second kappa shape index (κ2) is 47.6. The first-order valence-corrected chi connectivity index (χ1v) is 19.2. The van der Waals surface area contributed by atoms with Crippen molar-refractivity contribution in [2.45, 2.75) is 109 Å². The number of carbonyl (C=O) groups excluding carboxylic acids is 7. The minimum absolute atomic E-state index is 0.00199. The fourth-order valence-corrected chi connectivity index (χ4v) is 2.87. The molecule has 64 heavy (non-hydrogen) atoms. The number of methoxy groups -OCH3 is 1. The van der Waals surface area contributed by atoms with E-state index in [-0.39, 0.29) is 67.6 Å². The highest BCUT2D eigenvalue weighted by Gasteiger charge is 2.03. The number of halogens is 1. The number of carboxylic acids is 1. The second-order valence-corrected chi connectivity index (χ2v) is 12.5. The molecule has 1 atom stereocenters. The number of aliphatic hydroxyl groups excluding tert-OH is 1. The van der Waals surface area contributed by atoms with Gasteiger partial charge in [-0.2, -0.15) is 5.26 Å². The average molecular weight is 917 g/mol. The van der Waals surface area contributed by atoms with Crippen LogP contribution in [0.5, 0.6) is 0 Å². The first-order chi connectivity index (χ1) is 29.6. The molecule has 0 saturated heterocycles. The highest BCUT2D eigenvalue weighted by atomic mass is 19.1. The third-order valence-electron chi connectivity index (χ3n) is 5.37. The second-order valence-electron chi connectivity index (χ2n) is 12.5. The zero-order chi connectivity index (χ0) is 51.2. The van der Waals surface area contributed by atoms with Crippen molar-refractivity contribution in [1.82, 2.24) is 4.90 Å². The van der Waals surface area contributed by atoms with Crippen molar-refractivity contribution in [1.29, 1.82) is 5.26 Å². The zero-order valence-corrected chi connectivity index (χ0v) is 39.8. The predicted octanol–water partition coefficient (Wildman–Crippen LogP) is 5.35. The number of carboxylic acid groups (broad SMARTS) is 1. The lowest BCUT2D eigenvalue weighted by Crippen LogP contribution is -2.19. The quantitative estimate of drug-likeness (QED) is 0.212. The molecule has 0 aliphatic heterocycles. The van der Waals surface area contributed by atoms with E-state index in [0.717, 1.165) is 19.0 Å². The third kappa shape index (κ3) is 73.1. The van der Waals surface area contributed by atoms with E-state index in [1.807, 2.05) is 38.9 Å². The molecule has 2 N–H and O–H groups in total. The van der Waals surface area contributed by atoms with Crippen molar-refractivity contribution in [3.8, 4) is 6.07 Å². The number of hydrogen-bond donors (Lipinski definition) is 2. The van der Waals surface area contributed by atoms with Crippen molar-refractivity contribution in [2.75, 3.05) is 47.6 Å². The number of nitrogens with zero attached hydrogens (tertiary/aromatic N) is 2. The summed E-state index contributed by atoms with van der Waals surface area (Å²) in [5.74, 6) is -3.16. The Morgan fingerprint density at radius 1 is 0.656 bits per heavy atom. The molecule has 0 aliphatic carbocycles. The number of hydrogen-bond acceptors (Lipinski definition) is 18. The fraction of sp³-hybridized carbons (Fsp3) is 0.523. The molecule has 0 bridgehead atoms. The Kier molecular flexibility index (Phi) is 51.5. The van der Waals surface area contributed by atoms with E-state index in [9.17, 15) is 38.0 Å². The van der Waals surface area contributed by atoms with Crippen molar-refractivity contribution in [3.63, 3.8) is 0 Å². The van der Waals surface area contributed by atoms with Gasteiger partial charge < -0.3 is 48.3 Å². The molecule has 20 heteroatoms. The maximum absolute atomic E-state index is 12.8. The van der Waals surface area contributed by atoms with Gasteiger partial charge in [-0.3, -0.25) is 38.4 Å². The van der Waals surface area contributed by atoms with Gasteiger partial charge in [0.05, 0.1) is 37.6 Å². The molecule has 2 rings (SSSR count). The van der Waals surface area contributed by atoms with Crippen LogP contribution in [0.3, 0.4) is 0 Å². The van der Waals surface area contributed by atoms with Crippen molar-refractivity contribution < 1.29 is 86.1 Å². The number of esters is 7. The van der Waals surface area contributed by atoms with Gasteiger partial charge in [0.15, 0.2) is 0 Å². The molecule has 0 aliphatic rings. The van der Waals surface area contributed by atoms with Crippen molar-refractivity contribution in [2.24, 2.45) is 0 Å². The summed E-state index contributed by atoms with van der Waals surface area (Å²) in [5, 5.41) is 24.6. The van der Waals surface area contributed by atoms with Gasteiger partial charge in [-0.1, -0.05) is 36.4 Å². The Morgan fingerprint density at radius 3 is 1.31 bits per heavy atom. The van der Waals surface area contributed by atoms with E-state index in [1.54, 1.807) is 56.3 Å². The van der Waals surface area contributed by atoms with Gasteiger partial charge in [0, 0.05) is 73.1 Å². The molecule has 0 heterocycles. The number of rotatable bonds is 11. The molecule has 0 saturated carbocycles. The minimum atomic E-state index is -0.833.